The highest BCUT2D eigenvalue weighted by molar-refractivity contribution is 5.86. The van der Waals surface area contributed by atoms with Crippen LogP contribution in [0.1, 0.15) is 5.56 Å². The van der Waals surface area contributed by atoms with Crippen molar-refractivity contribution in [3.8, 4) is 17.2 Å². The number of carboxylic acids is 1. The molecule has 10 nitrogen and oxygen atoms in total. The first-order valence-corrected chi connectivity index (χ1v) is 7.72. The molecule has 5 N–H and O–H groups in total. The fourth-order valence-corrected chi connectivity index (χ4v) is 2.62. The summed E-state index contributed by atoms with van der Waals surface area (Å²) in [5.74, 6) is -0.356. The van der Waals surface area contributed by atoms with Crippen molar-refractivity contribution in [3.05, 3.63) is 23.8 Å². The molecule has 1 fully saturated rings. The van der Waals surface area contributed by atoms with E-state index in [2.05, 4.69) is 0 Å². The van der Waals surface area contributed by atoms with Crippen LogP contribution in [0.4, 0.5) is 0 Å². The second-order valence-electron chi connectivity index (χ2n) is 5.73. The van der Waals surface area contributed by atoms with Gasteiger partial charge in [0, 0.05) is 17.7 Å². The Morgan fingerprint density at radius 2 is 1.85 bits per heavy atom. The summed E-state index contributed by atoms with van der Waals surface area (Å²) in [6, 6.07) is 2.91. The molecule has 142 valence electrons. The van der Waals surface area contributed by atoms with Crippen molar-refractivity contribution in [2.75, 3.05) is 13.4 Å². The minimum atomic E-state index is -1.60. The number of rotatable bonds is 5. The van der Waals surface area contributed by atoms with E-state index in [0.717, 1.165) is 6.08 Å². The maximum atomic E-state index is 10.8. The zero-order valence-electron chi connectivity index (χ0n) is 13.4. The van der Waals surface area contributed by atoms with Crippen molar-refractivity contribution in [3.63, 3.8) is 0 Å². The summed E-state index contributed by atoms with van der Waals surface area (Å²) in [6.07, 6.45) is -5.12. The average molecular weight is 370 g/mol. The Bertz CT molecular complexity index is 701. The van der Waals surface area contributed by atoms with Crippen LogP contribution in [-0.2, 0) is 9.53 Å². The van der Waals surface area contributed by atoms with E-state index in [1.807, 2.05) is 0 Å². The van der Waals surface area contributed by atoms with Crippen LogP contribution in [0.2, 0.25) is 0 Å². The second kappa shape index (κ2) is 7.48. The highest BCUT2D eigenvalue weighted by Gasteiger charge is 2.45. The molecule has 1 aromatic rings. The molecule has 2 aliphatic heterocycles. The zero-order valence-corrected chi connectivity index (χ0v) is 13.4. The third-order valence-corrected chi connectivity index (χ3v) is 4.00. The van der Waals surface area contributed by atoms with E-state index in [1.165, 1.54) is 18.2 Å². The molecule has 0 aromatic heterocycles. The maximum absolute atomic E-state index is 10.8. The molecule has 2 heterocycles. The first-order chi connectivity index (χ1) is 12.4. The Kier molecular flexibility index (Phi) is 5.30. The van der Waals surface area contributed by atoms with Gasteiger partial charge in [0.25, 0.3) is 0 Å². The Balaban J connectivity index is 1.89. The Morgan fingerprint density at radius 3 is 2.50 bits per heavy atom. The molecule has 10 heteroatoms. The summed E-state index contributed by atoms with van der Waals surface area (Å²) in [4.78, 5) is 10.8. The summed E-state index contributed by atoms with van der Waals surface area (Å²) < 4.78 is 21.3. The highest BCUT2D eigenvalue weighted by Crippen LogP contribution is 2.39. The number of carboxylic acid groups (broad SMARTS) is 1. The number of carbonyl (C=O) groups is 1. The molecule has 0 aliphatic carbocycles. The average Bonchev–Trinajstić information content (AvgIpc) is 3.07. The number of hydrogen-bond donors (Lipinski definition) is 5. The van der Waals surface area contributed by atoms with Crippen molar-refractivity contribution < 1.29 is 49.3 Å². The van der Waals surface area contributed by atoms with Gasteiger partial charge in [-0.3, -0.25) is 0 Å². The molecule has 0 spiro atoms. The monoisotopic (exact) mass is 370 g/mol. The normalized spacial score (nSPS) is 30.5. The molecule has 5 atom stereocenters. The molecule has 0 radical (unpaired) electrons. The molecule has 0 saturated carbocycles. The third kappa shape index (κ3) is 3.59. The SMILES string of the molecule is O=C(O)C=Cc1cc2c(cc1OC1OC(CO)C(O)C(O)C1O)OCO2. The minimum absolute atomic E-state index is 0.0130. The number of aliphatic carboxylic acids is 1. The fraction of sp³-hybridized carbons (Fsp3) is 0.438. The lowest BCUT2D eigenvalue weighted by Crippen LogP contribution is -2.60. The van der Waals surface area contributed by atoms with E-state index >= 15 is 0 Å². The van der Waals surface area contributed by atoms with Gasteiger partial charge in [-0.2, -0.15) is 0 Å². The van der Waals surface area contributed by atoms with Crippen LogP contribution in [0, 0.1) is 0 Å². The maximum Gasteiger partial charge on any atom is 0.328 e. The summed E-state index contributed by atoms with van der Waals surface area (Å²) in [5, 5.41) is 47.8. The van der Waals surface area contributed by atoms with E-state index in [4.69, 9.17) is 24.1 Å². The fourth-order valence-electron chi connectivity index (χ4n) is 2.62. The number of aliphatic hydroxyl groups is 4. The van der Waals surface area contributed by atoms with Crippen molar-refractivity contribution in [1.82, 2.24) is 0 Å². The van der Waals surface area contributed by atoms with Gasteiger partial charge in [0.15, 0.2) is 11.5 Å². The standard InChI is InChI=1S/C16H18O10/c17-5-11-13(20)14(21)15(22)16(26-11)25-8-4-10-9(23-6-24-10)3-7(8)1-2-12(18)19/h1-4,11,13-17,20-22H,5-6H2,(H,18,19). The molecular weight excluding hydrogens is 352 g/mol. The van der Waals surface area contributed by atoms with Crippen LogP contribution >= 0.6 is 0 Å². The number of hydrogen-bond acceptors (Lipinski definition) is 9. The Hall–Kier alpha value is -2.37. The predicted octanol–water partition coefficient (Wildman–Crippen LogP) is -1.31. The van der Waals surface area contributed by atoms with E-state index in [-0.39, 0.29) is 12.5 Å². The first-order valence-electron chi connectivity index (χ1n) is 7.72. The summed E-state index contributed by atoms with van der Waals surface area (Å²) in [6.45, 7) is -0.612. The molecule has 3 rings (SSSR count). The largest absolute Gasteiger partial charge is 0.478 e. The van der Waals surface area contributed by atoms with Gasteiger partial charge in [-0.25, -0.2) is 4.79 Å². The summed E-state index contributed by atoms with van der Waals surface area (Å²) in [5.41, 5.74) is 0.300. The van der Waals surface area contributed by atoms with Gasteiger partial charge in [0.05, 0.1) is 6.61 Å². The van der Waals surface area contributed by atoms with Crippen LogP contribution in [0.15, 0.2) is 18.2 Å². The molecule has 0 bridgehead atoms. The molecule has 1 saturated heterocycles. The van der Waals surface area contributed by atoms with Crippen molar-refractivity contribution in [2.24, 2.45) is 0 Å². The van der Waals surface area contributed by atoms with Gasteiger partial charge in [0.2, 0.25) is 13.1 Å². The van der Waals surface area contributed by atoms with Crippen molar-refractivity contribution >= 4 is 12.0 Å². The summed E-state index contributed by atoms with van der Waals surface area (Å²) >= 11 is 0. The van der Waals surface area contributed by atoms with Gasteiger partial charge in [0.1, 0.15) is 30.2 Å². The third-order valence-electron chi connectivity index (χ3n) is 4.00. The molecule has 26 heavy (non-hydrogen) atoms. The molecule has 2 aliphatic rings. The van der Waals surface area contributed by atoms with Crippen LogP contribution in [0.25, 0.3) is 6.08 Å². The smallest absolute Gasteiger partial charge is 0.328 e. The van der Waals surface area contributed by atoms with Gasteiger partial charge >= 0.3 is 5.97 Å². The van der Waals surface area contributed by atoms with Crippen LogP contribution in [0.5, 0.6) is 17.2 Å². The predicted molar refractivity (Wildman–Crippen MR) is 83.6 cm³/mol. The lowest BCUT2D eigenvalue weighted by atomic mass is 9.99. The minimum Gasteiger partial charge on any atom is -0.478 e. The lowest BCUT2D eigenvalue weighted by Gasteiger charge is -2.39. The Morgan fingerprint density at radius 1 is 1.15 bits per heavy atom. The molecular formula is C16H18O10. The van der Waals surface area contributed by atoms with Crippen molar-refractivity contribution in [1.29, 1.82) is 0 Å². The number of ether oxygens (including phenoxy) is 4. The number of fused-ring (bicyclic) bond motifs is 1. The zero-order chi connectivity index (χ0) is 18.8. The van der Waals surface area contributed by atoms with Gasteiger partial charge in [-0.1, -0.05) is 0 Å². The number of aliphatic hydroxyl groups excluding tert-OH is 4. The van der Waals surface area contributed by atoms with E-state index in [1.54, 1.807) is 0 Å². The molecule has 1 aromatic carbocycles. The van der Waals surface area contributed by atoms with Crippen LogP contribution in [0.3, 0.4) is 0 Å². The number of benzene rings is 1. The van der Waals surface area contributed by atoms with Gasteiger partial charge in [-0.15, -0.1) is 0 Å². The van der Waals surface area contributed by atoms with E-state index < -0.39 is 43.3 Å². The van der Waals surface area contributed by atoms with Crippen molar-refractivity contribution in [2.45, 2.75) is 30.7 Å². The Labute approximate surface area is 147 Å². The quantitative estimate of drug-likeness (QED) is 0.395. The first kappa shape index (κ1) is 18.4. The van der Waals surface area contributed by atoms with E-state index in [0.29, 0.717) is 17.1 Å². The lowest BCUT2D eigenvalue weighted by molar-refractivity contribution is -0.277. The summed E-state index contributed by atoms with van der Waals surface area (Å²) in [7, 11) is 0. The van der Waals surface area contributed by atoms with Crippen LogP contribution in [-0.4, -0.2) is 75.6 Å². The molecule has 0 amide bonds. The van der Waals surface area contributed by atoms with Gasteiger partial charge < -0.3 is 44.5 Å². The topological polar surface area (TPSA) is 155 Å². The van der Waals surface area contributed by atoms with E-state index in [9.17, 15) is 25.2 Å². The van der Waals surface area contributed by atoms with Gasteiger partial charge in [-0.05, 0) is 12.1 Å². The second-order valence-corrected chi connectivity index (χ2v) is 5.73. The van der Waals surface area contributed by atoms with Crippen LogP contribution < -0.4 is 14.2 Å². The molecule has 5 unspecified atom stereocenters. The highest BCUT2D eigenvalue weighted by atomic mass is 16.7.